The number of nitrogens with one attached hydrogen (secondary N) is 1. The Balaban J connectivity index is 2.03. The number of hydrogen-bond donors (Lipinski definition) is 1. The van der Waals surface area contributed by atoms with E-state index in [1.807, 2.05) is 61.1 Å². The average Bonchev–Trinajstić information content (AvgIpc) is 2.87. The molecule has 100 valence electrons. The molecule has 0 atom stereocenters. The molecule has 3 rings (SSSR count). The van der Waals surface area contributed by atoms with Crippen molar-refractivity contribution >= 4 is 22.5 Å². The van der Waals surface area contributed by atoms with Gasteiger partial charge in [-0.15, -0.1) is 0 Å². The molecule has 20 heavy (non-hydrogen) atoms. The Morgan fingerprint density at radius 2 is 1.95 bits per heavy atom. The smallest absolute Gasteiger partial charge is 0.193 e. The molecule has 0 unspecified atom stereocenters. The topological polar surface area (TPSA) is 46.9 Å². The van der Waals surface area contributed by atoms with Crippen molar-refractivity contribution in [3.8, 4) is 0 Å². The van der Waals surface area contributed by atoms with Crippen LogP contribution in [0.2, 0.25) is 0 Å². The summed E-state index contributed by atoms with van der Waals surface area (Å²) in [5.41, 5.74) is 4.11. The number of nitrogens with zero attached hydrogens (tertiary/aromatic N) is 2. The quantitative estimate of drug-likeness (QED) is 0.741. The number of carbonyl (C=O) groups excluding carboxylic acids is 1. The summed E-state index contributed by atoms with van der Waals surface area (Å²) in [6.07, 6.45) is 1.75. The highest BCUT2D eigenvalue weighted by atomic mass is 16.1. The van der Waals surface area contributed by atoms with E-state index in [2.05, 4.69) is 10.3 Å². The van der Waals surface area contributed by atoms with Crippen LogP contribution >= 0.6 is 0 Å². The number of hydrogen-bond acceptors (Lipinski definition) is 3. The zero-order valence-corrected chi connectivity index (χ0v) is 11.4. The number of carbonyl (C=O) groups is 1. The van der Waals surface area contributed by atoms with Crippen molar-refractivity contribution < 1.29 is 4.79 Å². The normalized spacial score (nSPS) is 10.7. The fraction of sp³-hybridized carbons (Fsp3) is 0.125. The Hall–Kier alpha value is -2.62. The molecule has 0 aliphatic carbocycles. The van der Waals surface area contributed by atoms with Gasteiger partial charge in [0, 0.05) is 30.9 Å². The summed E-state index contributed by atoms with van der Waals surface area (Å²) in [4.78, 5) is 16.8. The van der Waals surface area contributed by atoms with Crippen LogP contribution in [0.15, 0.2) is 48.8 Å². The fourth-order valence-electron chi connectivity index (χ4n) is 2.26. The highest BCUT2D eigenvalue weighted by molar-refractivity contribution is 6.10. The van der Waals surface area contributed by atoms with Gasteiger partial charge < -0.3 is 9.88 Å². The molecule has 0 radical (unpaired) electrons. The van der Waals surface area contributed by atoms with Crippen LogP contribution in [-0.4, -0.2) is 22.4 Å². The zero-order valence-electron chi connectivity index (χ0n) is 11.4. The van der Waals surface area contributed by atoms with Gasteiger partial charge in [0.25, 0.3) is 0 Å². The molecule has 0 saturated heterocycles. The zero-order chi connectivity index (χ0) is 14.1. The molecule has 4 heteroatoms. The molecule has 2 aromatic carbocycles. The maximum Gasteiger partial charge on any atom is 0.193 e. The lowest BCUT2D eigenvalue weighted by Gasteiger charge is -2.05. The van der Waals surface area contributed by atoms with E-state index < -0.39 is 0 Å². The van der Waals surface area contributed by atoms with Gasteiger partial charge in [0.05, 0.1) is 17.4 Å². The van der Waals surface area contributed by atoms with Crippen LogP contribution in [0, 0.1) is 0 Å². The number of imidazole rings is 1. The molecule has 3 aromatic rings. The molecule has 1 heterocycles. The second kappa shape index (κ2) is 4.81. The highest BCUT2D eigenvalue weighted by Crippen LogP contribution is 2.18. The Bertz CT molecular complexity index is 789. The molecule has 0 spiro atoms. The first-order chi connectivity index (χ1) is 9.69. The maximum absolute atomic E-state index is 12.5. The molecule has 0 aliphatic heterocycles. The van der Waals surface area contributed by atoms with Gasteiger partial charge in [-0.05, 0) is 30.3 Å². The first-order valence-corrected chi connectivity index (χ1v) is 6.42. The minimum Gasteiger partial charge on any atom is -0.388 e. The van der Waals surface area contributed by atoms with E-state index in [1.54, 1.807) is 6.33 Å². The number of ketones is 1. The molecule has 0 saturated carbocycles. The minimum absolute atomic E-state index is 0.00894. The van der Waals surface area contributed by atoms with Crippen molar-refractivity contribution in [2.45, 2.75) is 0 Å². The second-order valence-electron chi connectivity index (χ2n) is 4.72. The lowest BCUT2D eigenvalue weighted by molar-refractivity contribution is 0.103. The summed E-state index contributed by atoms with van der Waals surface area (Å²) >= 11 is 0. The summed E-state index contributed by atoms with van der Waals surface area (Å²) < 4.78 is 1.94. The van der Waals surface area contributed by atoms with Crippen molar-refractivity contribution in [2.75, 3.05) is 12.4 Å². The van der Waals surface area contributed by atoms with Gasteiger partial charge in [0.1, 0.15) is 0 Å². The Morgan fingerprint density at radius 1 is 1.15 bits per heavy atom. The first kappa shape index (κ1) is 12.4. The van der Waals surface area contributed by atoms with E-state index >= 15 is 0 Å². The molecule has 0 aliphatic rings. The molecule has 0 bridgehead atoms. The summed E-state index contributed by atoms with van der Waals surface area (Å²) in [6, 6.07) is 13.1. The molecule has 1 aromatic heterocycles. The summed E-state index contributed by atoms with van der Waals surface area (Å²) in [6.45, 7) is 0. The SMILES string of the molecule is CNc1cccc(C(=O)c2ccc3c(c2)ncn3C)c1. The van der Waals surface area contributed by atoms with E-state index in [-0.39, 0.29) is 5.78 Å². The van der Waals surface area contributed by atoms with Crippen LogP contribution in [-0.2, 0) is 7.05 Å². The number of aromatic nitrogens is 2. The van der Waals surface area contributed by atoms with Crippen LogP contribution in [0.5, 0.6) is 0 Å². The lowest BCUT2D eigenvalue weighted by atomic mass is 10.0. The van der Waals surface area contributed by atoms with Crippen molar-refractivity contribution in [3.63, 3.8) is 0 Å². The Labute approximate surface area is 117 Å². The monoisotopic (exact) mass is 265 g/mol. The van der Waals surface area contributed by atoms with E-state index in [4.69, 9.17) is 0 Å². The van der Waals surface area contributed by atoms with Crippen molar-refractivity contribution in [1.82, 2.24) is 9.55 Å². The van der Waals surface area contributed by atoms with Gasteiger partial charge in [0.15, 0.2) is 5.78 Å². The van der Waals surface area contributed by atoms with Crippen LogP contribution in [0.25, 0.3) is 11.0 Å². The van der Waals surface area contributed by atoms with Gasteiger partial charge in [-0.25, -0.2) is 4.98 Å². The van der Waals surface area contributed by atoms with E-state index in [9.17, 15) is 4.79 Å². The van der Waals surface area contributed by atoms with Crippen molar-refractivity contribution in [1.29, 1.82) is 0 Å². The molecule has 1 N–H and O–H groups in total. The van der Waals surface area contributed by atoms with E-state index in [0.717, 1.165) is 16.7 Å². The van der Waals surface area contributed by atoms with Gasteiger partial charge in [-0.1, -0.05) is 12.1 Å². The number of anilines is 1. The first-order valence-electron chi connectivity index (χ1n) is 6.42. The predicted molar refractivity (Wildman–Crippen MR) is 80.1 cm³/mol. The standard InChI is InChI=1S/C16H15N3O/c1-17-13-5-3-4-11(8-13)16(20)12-6-7-15-14(9-12)18-10-19(15)2/h3-10,17H,1-2H3. The lowest BCUT2D eigenvalue weighted by Crippen LogP contribution is -2.02. The van der Waals surface area contributed by atoms with Gasteiger partial charge >= 0.3 is 0 Å². The summed E-state index contributed by atoms with van der Waals surface area (Å²) in [5, 5.41) is 3.04. The van der Waals surface area contributed by atoms with Crippen LogP contribution in [0.3, 0.4) is 0 Å². The maximum atomic E-state index is 12.5. The minimum atomic E-state index is 0.00894. The van der Waals surface area contributed by atoms with Crippen LogP contribution in [0.1, 0.15) is 15.9 Å². The van der Waals surface area contributed by atoms with Crippen molar-refractivity contribution in [3.05, 3.63) is 59.9 Å². The third-order valence-electron chi connectivity index (χ3n) is 3.40. The Morgan fingerprint density at radius 3 is 2.75 bits per heavy atom. The third-order valence-corrected chi connectivity index (χ3v) is 3.40. The van der Waals surface area contributed by atoms with E-state index in [0.29, 0.717) is 11.1 Å². The Kier molecular flexibility index (Phi) is 2.99. The van der Waals surface area contributed by atoms with Gasteiger partial charge in [-0.2, -0.15) is 0 Å². The predicted octanol–water partition coefficient (Wildman–Crippen LogP) is 2.85. The van der Waals surface area contributed by atoms with Crippen molar-refractivity contribution in [2.24, 2.45) is 7.05 Å². The molecular formula is C16H15N3O. The number of benzene rings is 2. The second-order valence-corrected chi connectivity index (χ2v) is 4.72. The number of aryl methyl sites for hydroxylation is 1. The summed E-state index contributed by atoms with van der Waals surface area (Å²) in [5.74, 6) is 0.00894. The fourth-order valence-corrected chi connectivity index (χ4v) is 2.26. The molecular weight excluding hydrogens is 250 g/mol. The number of rotatable bonds is 3. The number of fused-ring (bicyclic) bond motifs is 1. The van der Waals surface area contributed by atoms with Crippen LogP contribution in [0.4, 0.5) is 5.69 Å². The average molecular weight is 265 g/mol. The molecule has 0 fully saturated rings. The molecule has 4 nitrogen and oxygen atoms in total. The highest BCUT2D eigenvalue weighted by Gasteiger charge is 2.11. The van der Waals surface area contributed by atoms with E-state index in [1.165, 1.54) is 0 Å². The van der Waals surface area contributed by atoms with Gasteiger partial charge in [-0.3, -0.25) is 4.79 Å². The summed E-state index contributed by atoms with van der Waals surface area (Å²) in [7, 11) is 3.77. The molecule has 0 amide bonds. The third kappa shape index (κ3) is 2.05. The van der Waals surface area contributed by atoms with Crippen LogP contribution < -0.4 is 5.32 Å². The largest absolute Gasteiger partial charge is 0.388 e. The van der Waals surface area contributed by atoms with Gasteiger partial charge in [0.2, 0.25) is 0 Å².